The van der Waals surface area contributed by atoms with Crippen molar-refractivity contribution in [3.8, 4) is 0 Å². The van der Waals surface area contributed by atoms with Crippen molar-refractivity contribution in [2.24, 2.45) is 0 Å². The van der Waals surface area contributed by atoms with Gasteiger partial charge < -0.3 is 10.6 Å². The van der Waals surface area contributed by atoms with Gasteiger partial charge in [0, 0.05) is 44.0 Å². The maximum atomic E-state index is 5.80. The van der Waals surface area contributed by atoms with E-state index in [-0.39, 0.29) is 0 Å². The molecule has 0 spiro atoms. The summed E-state index contributed by atoms with van der Waals surface area (Å²) in [4.78, 5) is 13.6. The Labute approximate surface area is 143 Å². The average Bonchev–Trinajstić information content (AvgIpc) is 2.61. The van der Waals surface area contributed by atoms with Crippen LogP contribution < -0.4 is 10.6 Å². The average molecular weight is 323 g/mol. The third kappa shape index (κ3) is 3.08. The fraction of sp³-hybridized carbons (Fsp3) is 0.474. The molecular weight excluding hydrogens is 298 g/mol. The second-order valence-electron chi connectivity index (χ2n) is 6.93. The van der Waals surface area contributed by atoms with Gasteiger partial charge in [-0.05, 0) is 37.3 Å². The van der Waals surface area contributed by atoms with Gasteiger partial charge in [0.2, 0.25) is 5.95 Å². The van der Waals surface area contributed by atoms with E-state index in [1.165, 1.54) is 36.9 Å². The summed E-state index contributed by atoms with van der Waals surface area (Å²) in [5.74, 6) is 1.35. The van der Waals surface area contributed by atoms with Crippen molar-refractivity contribution in [3.63, 3.8) is 0 Å². The molecule has 126 valence electrons. The Hall–Kier alpha value is -2.14. The first-order valence-electron chi connectivity index (χ1n) is 8.86. The quantitative estimate of drug-likeness (QED) is 0.919. The van der Waals surface area contributed by atoms with Crippen LogP contribution in [0.3, 0.4) is 0 Å². The van der Waals surface area contributed by atoms with E-state index in [1.807, 2.05) is 13.0 Å². The van der Waals surface area contributed by atoms with Gasteiger partial charge in [0.05, 0.1) is 0 Å². The molecule has 0 bridgehead atoms. The fourth-order valence-electron chi connectivity index (χ4n) is 4.03. The molecule has 0 unspecified atom stereocenters. The van der Waals surface area contributed by atoms with Gasteiger partial charge in [-0.1, -0.05) is 24.3 Å². The highest BCUT2D eigenvalue weighted by molar-refractivity contribution is 5.43. The van der Waals surface area contributed by atoms with Crippen LogP contribution in [-0.4, -0.2) is 40.5 Å². The van der Waals surface area contributed by atoms with Crippen molar-refractivity contribution in [3.05, 3.63) is 47.2 Å². The molecule has 2 aliphatic heterocycles. The molecule has 1 aromatic heterocycles. The standard InChI is InChI=1S/C19H25N5/c1-14-12-18(22-19(20)21-14)23-10-7-17(8-11-23)24-9-6-15-4-2-3-5-16(15)13-24/h2-5,12,17H,6-11,13H2,1H3,(H2,20,21,22). The highest BCUT2D eigenvalue weighted by Gasteiger charge is 2.27. The van der Waals surface area contributed by atoms with Gasteiger partial charge in [-0.2, -0.15) is 4.98 Å². The van der Waals surface area contributed by atoms with Crippen molar-refractivity contribution in [1.82, 2.24) is 14.9 Å². The molecule has 0 aliphatic carbocycles. The third-order valence-electron chi connectivity index (χ3n) is 5.32. The van der Waals surface area contributed by atoms with Crippen LogP contribution in [0.1, 0.15) is 29.7 Å². The first kappa shape index (κ1) is 15.4. The number of hydrogen-bond acceptors (Lipinski definition) is 5. The number of hydrogen-bond donors (Lipinski definition) is 1. The number of fused-ring (bicyclic) bond motifs is 1. The second kappa shape index (κ2) is 6.40. The molecule has 1 fully saturated rings. The Morgan fingerprint density at radius 2 is 1.79 bits per heavy atom. The summed E-state index contributed by atoms with van der Waals surface area (Å²) in [7, 11) is 0. The number of aryl methyl sites for hydroxylation is 1. The topological polar surface area (TPSA) is 58.3 Å². The van der Waals surface area contributed by atoms with Crippen LogP contribution in [0.4, 0.5) is 11.8 Å². The molecule has 0 radical (unpaired) electrons. The number of anilines is 2. The summed E-state index contributed by atoms with van der Waals surface area (Å²) in [6.07, 6.45) is 3.55. The predicted octanol–water partition coefficient (Wildman–Crippen LogP) is 2.39. The van der Waals surface area contributed by atoms with Crippen LogP contribution in [0.5, 0.6) is 0 Å². The summed E-state index contributed by atoms with van der Waals surface area (Å²) in [6.45, 7) is 6.33. The number of piperidine rings is 1. The van der Waals surface area contributed by atoms with Crippen LogP contribution in [0, 0.1) is 6.92 Å². The van der Waals surface area contributed by atoms with Gasteiger partial charge in [0.1, 0.15) is 5.82 Å². The van der Waals surface area contributed by atoms with Crippen molar-refractivity contribution in [2.75, 3.05) is 30.3 Å². The van der Waals surface area contributed by atoms with Crippen LogP contribution in [0.2, 0.25) is 0 Å². The lowest BCUT2D eigenvalue weighted by atomic mass is 9.95. The highest BCUT2D eigenvalue weighted by Crippen LogP contribution is 2.26. The van der Waals surface area contributed by atoms with E-state index in [1.54, 1.807) is 0 Å². The Balaban J connectivity index is 1.40. The molecule has 2 aliphatic rings. The third-order valence-corrected chi connectivity index (χ3v) is 5.32. The van der Waals surface area contributed by atoms with Gasteiger partial charge in [-0.25, -0.2) is 4.98 Å². The molecule has 5 heteroatoms. The molecule has 24 heavy (non-hydrogen) atoms. The van der Waals surface area contributed by atoms with E-state index >= 15 is 0 Å². The minimum atomic E-state index is 0.375. The van der Waals surface area contributed by atoms with Gasteiger partial charge in [-0.15, -0.1) is 0 Å². The zero-order valence-electron chi connectivity index (χ0n) is 14.3. The molecule has 3 heterocycles. The molecule has 5 nitrogen and oxygen atoms in total. The fourth-order valence-corrected chi connectivity index (χ4v) is 4.03. The van der Waals surface area contributed by atoms with Gasteiger partial charge in [0.15, 0.2) is 0 Å². The number of aromatic nitrogens is 2. The zero-order chi connectivity index (χ0) is 16.5. The second-order valence-corrected chi connectivity index (χ2v) is 6.93. The minimum absolute atomic E-state index is 0.375. The molecule has 0 saturated carbocycles. The number of nitrogens with two attached hydrogens (primary N) is 1. The van der Waals surface area contributed by atoms with Crippen LogP contribution in [0.25, 0.3) is 0 Å². The van der Waals surface area contributed by atoms with Crippen molar-refractivity contribution in [1.29, 1.82) is 0 Å². The maximum Gasteiger partial charge on any atom is 0.222 e. The van der Waals surface area contributed by atoms with Crippen molar-refractivity contribution < 1.29 is 0 Å². The number of benzene rings is 1. The summed E-state index contributed by atoms with van der Waals surface area (Å²) >= 11 is 0. The van der Waals surface area contributed by atoms with Gasteiger partial charge >= 0.3 is 0 Å². The first-order chi connectivity index (χ1) is 11.7. The van der Waals surface area contributed by atoms with Gasteiger partial charge in [0.25, 0.3) is 0 Å². The smallest absolute Gasteiger partial charge is 0.222 e. The lowest BCUT2D eigenvalue weighted by molar-refractivity contribution is 0.153. The Bertz CT molecular complexity index is 701. The van der Waals surface area contributed by atoms with Crippen LogP contribution >= 0.6 is 0 Å². The van der Waals surface area contributed by atoms with E-state index in [2.05, 4.69) is 44.0 Å². The van der Waals surface area contributed by atoms with Crippen LogP contribution in [-0.2, 0) is 13.0 Å². The molecule has 0 amide bonds. The monoisotopic (exact) mass is 323 g/mol. The SMILES string of the molecule is Cc1cc(N2CCC(N3CCc4ccccc4C3)CC2)nc(N)n1. The molecular formula is C19H25N5. The number of nitrogen functional groups attached to an aromatic ring is 1. The minimum Gasteiger partial charge on any atom is -0.368 e. The largest absolute Gasteiger partial charge is 0.368 e. The Morgan fingerprint density at radius 1 is 1.04 bits per heavy atom. The summed E-state index contributed by atoms with van der Waals surface area (Å²) in [5, 5.41) is 0. The highest BCUT2D eigenvalue weighted by atomic mass is 15.2. The Morgan fingerprint density at radius 3 is 2.54 bits per heavy atom. The molecule has 2 N–H and O–H groups in total. The van der Waals surface area contributed by atoms with E-state index in [0.717, 1.165) is 31.1 Å². The Kier molecular flexibility index (Phi) is 4.10. The summed E-state index contributed by atoms with van der Waals surface area (Å²) in [6, 6.07) is 11.6. The predicted molar refractivity (Wildman–Crippen MR) is 97.0 cm³/mol. The van der Waals surface area contributed by atoms with E-state index in [9.17, 15) is 0 Å². The molecule has 0 atom stereocenters. The molecule has 1 aromatic carbocycles. The summed E-state index contributed by atoms with van der Waals surface area (Å²) < 4.78 is 0. The van der Waals surface area contributed by atoms with Gasteiger partial charge in [-0.3, -0.25) is 4.90 Å². The first-order valence-corrected chi connectivity index (χ1v) is 8.86. The van der Waals surface area contributed by atoms with Crippen molar-refractivity contribution in [2.45, 2.75) is 38.8 Å². The molecule has 2 aromatic rings. The van der Waals surface area contributed by atoms with E-state index < -0.39 is 0 Å². The summed E-state index contributed by atoms with van der Waals surface area (Å²) in [5.41, 5.74) is 9.77. The van der Waals surface area contributed by atoms with E-state index in [4.69, 9.17) is 5.73 Å². The van der Waals surface area contributed by atoms with Crippen molar-refractivity contribution >= 4 is 11.8 Å². The molecule has 4 rings (SSSR count). The van der Waals surface area contributed by atoms with E-state index in [0.29, 0.717) is 12.0 Å². The zero-order valence-corrected chi connectivity index (χ0v) is 14.3. The number of nitrogens with zero attached hydrogens (tertiary/aromatic N) is 4. The number of rotatable bonds is 2. The van der Waals surface area contributed by atoms with Crippen LogP contribution in [0.15, 0.2) is 30.3 Å². The normalized spacial score (nSPS) is 19.3. The lowest BCUT2D eigenvalue weighted by Gasteiger charge is -2.41. The lowest BCUT2D eigenvalue weighted by Crippen LogP contribution is -2.46. The maximum absolute atomic E-state index is 5.80. The molecule has 1 saturated heterocycles.